The predicted octanol–water partition coefficient (Wildman–Crippen LogP) is -0.821. The summed E-state index contributed by atoms with van der Waals surface area (Å²) in [7, 11) is 0. The van der Waals surface area contributed by atoms with E-state index in [0.29, 0.717) is 0 Å². The minimum atomic E-state index is -0.906. The van der Waals surface area contributed by atoms with Gasteiger partial charge in [0.05, 0.1) is 0 Å². The van der Waals surface area contributed by atoms with E-state index in [4.69, 9.17) is 5.73 Å². The van der Waals surface area contributed by atoms with Crippen LogP contribution in [0, 0.1) is 5.92 Å². The van der Waals surface area contributed by atoms with E-state index in [9.17, 15) is 9.59 Å². The molecular weight excluding hydrogens is 158 g/mol. The average molecular weight is 171 g/mol. The Labute approximate surface area is 70.7 Å². The second kappa shape index (κ2) is 2.75. The average Bonchev–Trinajstić information content (AvgIpc) is 2.26. The molecule has 1 aliphatic rings. The zero-order chi connectivity index (χ0) is 9.35. The van der Waals surface area contributed by atoms with Crippen molar-refractivity contribution in [1.29, 1.82) is 0 Å². The first-order valence-electron chi connectivity index (χ1n) is 3.86. The quantitative estimate of drug-likeness (QED) is 0.474. The molecule has 5 heteroatoms. The predicted molar refractivity (Wildman–Crippen MR) is 43.3 cm³/mol. The molecule has 0 unspecified atom stereocenters. The zero-order valence-electron chi connectivity index (χ0n) is 7.18. The van der Waals surface area contributed by atoms with Crippen LogP contribution < -0.4 is 16.4 Å². The van der Waals surface area contributed by atoms with Gasteiger partial charge in [-0.1, -0.05) is 13.8 Å². The van der Waals surface area contributed by atoms with E-state index >= 15 is 0 Å². The molecule has 1 heterocycles. The first-order valence-corrected chi connectivity index (χ1v) is 3.86. The topological polar surface area (TPSA) is 84.2 Å². The van der Waals surface area contributed by atoms with E-state index in [0.717, 1.165) is 0 Å². The van der Waals surface area contributed by atoms with Crippen LogP contribution in [0.4, 0.5) is 4.79 Å². The van der Waals surface area contributed by atoms with Crippen LogP contribution in [0.1, 0.15) is 13.8 Å². The molecule has 0 aromatic carbocycles. The standard InChI is InChI=1S/C7H13N3O2/c1-4(2)7(3-8)5(11)9-6(12)10-7/h4H,3,8H2,1-2H3,(H2,9,10,11,12)/t7-/m0/s1. The summed E-state index contributed by atoms with van der Waals surface area (Å²) in [6.45, 7) is 3.82. The summed E-state index contributed by atoms with van der Waals surface area (Å²) >= 11 is 0. The number of amides is 3. The van der Waals surface area contributed by atoms with E-state index in [1.165, 1.54) is 0 Å². The third-order valence-corrected chi connectivity index (χ3v) is 2.28. The number of rotatable bonds is 2. The Kier molecular flexibility index (Phi) is 2.06. The molecule has 5 nitrogen and oxygen atoms in total. The Balaban J connectivity index is 2.94. The molecule has 1 saturated heterocycles. The van der Waals surface area contributed by atoms with Crippen LogP contribution in [0.15, 0.2) is 0 Å². The van der Waals surface area contributed by atoms with E-state index in [1.807, 2.05) is 13.8 Å². The number of imide groups is 1. The third kappa shape index (κ3) is 1.06. The van der Waals surface area contributed by atoms with Gasteiger partial charge in [-0.2, -0.15) is 0 Å². The Hall–Kier alpha value is -1.10. The highest BCUT2D eigenvalue weighted by Gasteiger charge is 2.47. The zero-order valence-corrected chi connectivity index (χ0v) is 7.18. The normalized spacial score (nSPS) is 29.0. The van der Waals surface area contributed by atoms with Gasteiger partial charge >= 0.3 is 6.03 Å². The lowest BCUT2D eigenvalue weighted by Gasteiger charge is -2.28. The number of hydrogen-bond donors (Lipinski definition) is 3. The molecular formula is C7H13N3O2. The van der Waals surface area contributed by atoms with Gasteiger partial charge in [0.1, 0.15) is 5.54 Å². The van der Waals surface area contributed by atoms with Gasteiger partial charge in [-0.05, 0) is 5.92 Å². The summed E-state index contributed by atoms with van der Waals surface area (Å²) in [5.74, 6) is -0.334. The minimum Gasteiger partial charge on any atom is -0.328 e. The number of nitrogens with one attached hydrogen (secondary N) is 2. The summed E-state index contributed by atoms with van der Waals surface area (Å²) in [6, 6.07) is -0.459. The molecule has 1 atom stereocenters. The van der Waals surface area contributed by atoms with Gasteiger partial charge in [0.2, 0.25) is 0 Å². The summed E-state index contributed by atoms with van der Waals surface area (Å²) < 4.78 is 0. The Morgan fingerprint density at radius 3 is 2.25 bits per heavy atom. The van der Waals surface area contributed by atoms with Gasteiger partial charge in [0.15, 0.2) is 0 Å². The van der Waals surface area contributed by atoms with Crippen molar-refractivity contribution < 1.29 is 9.59 Å². The molecule has 12 heavy (non-hydrogen) atoms. The van der Waals surface area contributed by atoms with Crippen LogP contribution in [0.25, 0.3) is 0 Å². The third-order valence-electron chi connectivity index (χ3n) is 2.28. The maximum atomic E-state index is 11.3. The fourth-order valence-electron chi connectivity index (χ4n) is 1.29. The summed E-state index contributed by atoms with van der Waals surface area (Å²) in [5, 5.41) is 4.71. The summed E-state index contributed by atoms with van der Waals surface area (Å²) in [5.41, 5.74) is 4.54. The molecule has 0 radical (unpaired) electrons. The van der Waals surface area contributed by atoms with Crippen molar-refractivity contribution in [2.45, 2.75) is 19.4 Å². The molecule has 0 spiro atoms. The van der Waals surface area contributed by atoms with Crippen molar-refractivity contribution in [2.75, 3.05) is 6.54 Å². The van der Waals surface area contributed by atoms with E-state index in [-0.39, 0.29) is 18.4 Å². The highest BCUT2D eigenvalue weighted by atomic mass is 16.2. The number of urea groups is 1. The van der Waals surface area contributed by atoms with E-state index in [1.54, 1.807) is 0 Å². The Bertz CT molecular complexity index is 227. The number of carbonyl (C=O) groups excluding carboxylic acids is 2. The van der Waals surface area contributed by atoms with Crippen LogP contribution in [-0.4, -0.2) is 24.0 Å². The molecule has 0 aromatic rings. The van der Waals surface area contributed by atoms with Crippen molar-refractivity contribution in [3.8, 4) is 0 Å². The molecule has 1 fully saturated rings. The van der Waals surface area contributed by atoms with Crippen LogP contribution in [-0.2, 0) is 4.79 Å². The SMILES string of the molecule is CC(C)[C@]1(CN)NC(=O)NC1=O. The van der Waals surface area contributed by atoms with Gasteiger partial charge in [0, 0.05) is 6.54 Å². The highest BCUT2D eigenvalue weighted by Crippen LogP contribution is 2.19. The number of nitrogens with two attached hydrogens (primary N) is 1. The Morgan fingerprint density at radius 2 is 2.08 bits per heavy atom. The van der Waals surface area contributed by atoms with Crippen molar-refractivity contribution in [3.63, 3.8) is 0 Å². The van der Waals surface area contributed by atoms with Gasteiger partial charge in [-0.3, -0.25) is 10.1 Å². The lowest BCUT2D eigenvalue weighted by Crippen LogP contribution is -2.56. The molecule has 68 valence electrons. The van der Waals surface area contributed by atoms with Gasteiger partial charge in [0.25, 0.3) is 5.91 Å². The largest absolute Gasteiger partial charge is 0.328 e. The molecule has 4 N–H and O–H groups in total. The highest BCUT2D eigenvalue weighted by molar-refractivity contribution is 6.07. The number of hydrogen-bond acceptors (Lipinski definition) is 3. The fourth-order valence-corrected chi connectivity index (χ4v) is 1.29. The lowest BCUT2D eigenvalue weighted by atomic mass is 9.87. The fraction of sp³-hybridized carbons (Fsp3) is 0.714. The molecule has 0 aromatic heterocycles. The lowest BCUT2D eigenvalue weighted by molar-refractivity contribution is -0.125. The van der Waals surface area contributed by atoms with Crippen molar-refractivity contribution >= 4 is 11.9 Å². The first-order chi connectivity index (χ1) is 5.53. The van der Waals surface area contributed by atoms with Gasteiger partial charge in [-0.15, -0.1) is 0 Å². The first kappa shape index (κ1) is 8.99. The number of carbonyl (C=O) groups is 2. The van der Waals surface area contributed by atoms with Crippen LogP contribution >= 0.6 is 0 Å². The van der Waals surface area contributed by atoms with E-state index in [2.05, 4.69) is 10.6 Å². The molecule has 1 rings (SSSR count). The van der Waals surface area contributed by atoms with Crippen LogP contribution in [0.3, 0.4) is 0 Å². The van der Waals surface area contributed by atoms with Crippen LogP contribution in [0.5, 0.6) is 0 Å². The van der Waals surface area contributed by atoms with Crippen molar-refractivity contribution in [1.82, 2.24) is 10.6 Å². The minimum absolute atomic E-state index is 0.00560. The van der Waals surface area contributed by atoms with Gasteiger partial charge < -0.3 is 11.1 Å². The maximum Gasteiger partial charge on any atom is 0.322 e. The van der Waals surface area contributed by atoms with Crippen molar-refractivity contribution in [3.05, 3.63) is 0 Å². The monoisotopic (exact) mass is 171 g/mol. The summed E-state index contributed by atoms with van der Waals surface area (Å²) in [6.07, 6.45) is 0. The second-order valence-corrected chi connectivity index (χ2v) is 3.24. The van der Waals surface area contributed by atoms with Crippen molar-refractivity contribution in [2.24, 2.45) is 11.7 Å². The second-order valence-electron chi connectivity index (χ2n) is 3.24. The molecule has 0 bridgehead atoms. The Morgan fingerprint density at radius 1 is 1.50 bits per heavy atom. The molecule has 0 saturated carbocycles. The van der Waals surface area contributed by atoms with Gasteiger partial charge in [-0.25, -0.2) is 4.79 Å². The van der Waals surface area contributed by atoms with E-state index < -0.39 is 11.6 Å². The smallest absolute Gasteiger partial charge is 0.322 e. The maximum absolute atomic E-state index is 11.3. The molecule has 1 aliphatic heterocycles. The summed E-state index contributed by atoms with van der Waals surface area (Å²) in [4.78, 5) is 22.1. The molecule has 0 aliphatic carbocycles. The van der Waals surface area contributed by atoms with Crippen LogP contribution in [0.2, 0.25) is 0 Å². The molecule has 3 amide bonds.